The first-order valence-electron chi connectivity index (χ1n) is 4.26. The van der Waals surface area contributed by atoms with Gasteiger partial charge in [0.25, 0.3) is 0 Å². The maximum atomic E-state index is 9.92. The summed E-state index contributed by atoms with van der Waals surface area (Å²) >= 11 is 0. The zero-order chi connectivity index (χ0) is 9.19. The molecule has 0 aromatic carbocycles. The monoisotopic (exact) mass is 168 g/mol. The van der Waals surface area contributed by atoms with Crippen molar-refractivity contribution >= 4 is 0 Å². The number of rotatable bonds is 3. The van der Waals surface area contributed by atoms with Gasteiger partial charge in [0.2, 0.25) is 0 Å². The zero-order valence-electron chi connectivity index (χ0n) is 7.87. The summed E-state index contributed by atoms with van der Waals surface area (Å²) in [4.78, 5) is 0. The average molecular weight is 168 g/mol. The fraction of sp³-hybridized carbons (Fsp3) is 0.600. The summed E-state index contributed by atoms with van der Waals surface area (Å²) in [5.74, 6) is 0.257. The molecular formula is C10H16O2. The van der Waals surface area contributed by atoms with Gasteiger partial charge in [0.05, 0.1) is 18.1 Å². The Labute approximate surface area is 73.2 Å². The van der Waals surface area contributed by atoms with Crippen molar-refractivity contribution in [3.63, 3.8) is 0 Å². The van der Waals surface area contributed by atoms with Gasteiger partial charge in [-0.2, -0.15) is 0 Å². The van der Waals surface area contributed by atoms with Crippen LogP contribution in [0.15, 0.2) is 23.0 Å². The molecule has 0 aliphatic carbocycles. The third-order valence-electron chi connectivity index (χ3n) is 2.39. The molecule has 0 amide bonds. The molecule has 0 fully saturated rings. The van der Waals surface area contributed by atoms with E-state index in [1.807, 2.05) is 26.8 Å². The van der Waals surface area contributed by atoms with Gasteiger partial charge < -0.3 is 9.52 Å². The Kier molecular flexibility index (Phi) is 2.58. The molecule has 0 spiro atoms. The van der Waals surface area contributed by atoms with Gasteiger partial charge >= 0.3 is 0 Å². The van der Waals surface area contributed by atoms with Crippen LogP contribution in [0.2, 0.25) is 0 Å². The summed E-state index contributed by atoms with van der Waals surface area (Å²) in [6, 6.07) is 1.89. The van der Waals surface area contributed by atoms with Crippen molar-refractivity contribution in [3.8, 4) is 0 Å². The highest BCUT2D eigenvalue weighted by Crippen LogP contribution is 2.21. The molecule has 1 unspecified atom stereocenters. The second kappa shape index (κ2) is 3.31. The first-order chi connectivity index (χ1) is 5.52. The molecule has 12 heavy (non-hydrogen) atoms. The summed E-state index contributed by atoms with van der Waals surface area (Å²) in [5, 5.41) is 9.92. The van der Waals surface area contributed by atoms with E-state index in [9.17, 15) is 5.11 Å². The van der Waals surface area contributed by atoms with Gasteiger partial charge in [-0.15, -0.1) is 0 Å². The van der Waals surface area contributed by atoms with Crippen molar-refractivity contribution in [2.24, 2.45) is 5.92 Å². The Balaban J connectivity index is 2.62. The largest absolute Gasteiger partial charge is 0.472 e. The van der Waals surface area contributed by atoms with E-state index >= 15 is 0 Å². The van der Waals surface area contributed by atoms with Gasteiger partial charge in [0.15, 0.2) is 0 Å². The smallest absolute Gasteiger partial charge is 0.0935 e. The van der Waals surface area contributed by atoms with Crippen LogP contribution in [0.3, 0.4) is 0 Å². The fourth-order valence-electron chi connectivity index (χ4n) is 1.01. The Morgan fingerprint density at radius 1 is 1.58 bits per heavy atom. The van der Waals surface area contributed by atoms with Crippen LogP contribution in [0.1, 0.15) is 26.3 Å². The predicted octanol–water partition coefficient (Wildman–Crippen LogP) is 2.23. The summed E-state index contributed by atoms with van der Waals surface area (Å²) in [6.07, 6.45) is 3.96. The van der Waals surface area contributed by atoms with Crippen molar-refractivity contribution in [1.29, 1.82) is 0 Å². The highest BCUT2D eigenvalue weighted by Gasteiger charge is 2.25. The molecule has 0 saturated heterocycles. The maximum absolute atomic E-state index is 9.92. The van der Waals surface area contributed by atoms with Crippen LogP contribution in [-0.4, -0.2) is 10.7 Å². The Bertz CT molecular complexity index is 222. The van der Waals surface area contributed by atoms with E-state index in [1.54, 1.807) is 12.5 Å². The molecule has 0 radical (unpaired) electrons. The van der Waals surface area contributed by atoms with E-state index in [4.69, 9.17) is 4.42 Å². The van der Waals surface area contributed by atoms with E-state index in [0.29, 0.717) is 6.42 Å². The van der Waals surface area contributed by atoms with Crippen molar-refractivity contribution in [1.82, 2.24) is 0 Å². The summed E-state index contributed by atoms with van der Waals surface area (Å²) in [6.45, 7) is 5.88. The minimum absolute atomic E-state index is 0.257. The molecule has 1 aromatic rings. The molecule has 68 valence electrons. The summed E-state index contributed by atoms with van der Waals surface area (Å²) < 4.78 is 4.93. The van der Waals surface area contributed by atoms with Crippen LogP contribution >= 0.6 is 0 Å². The summed E-state index contributed by atoms with van der Waals surface area (Å²) in [7, 11) is 0. The van der Waals surface area contributed by atoms with Gasteiger partial charge in [0.1, 0.15) is 0 Å². The molecule has 1 N–H and O–H groups in total. The number of furan rings is 1. The van der Waals surface area contributed by atoms with Gasteiger partial charge in [-0.1, -0.05) is 13.8 Å². The van der Waals surface area contributed by atoms with Crippen LogP contribution in [-0.2, 0) is 6.42 Å². The maximum Gasteiger partial charge on any atom is 0.0935 e. The molecule has 0 aliphatic rings. The molecule has 1 aromatic heterocycles. The lowest BCUT2D eigenvalue weighted by Crippen LogP contribution is -2.33. The molecule has 2 heteroatoms. The SMILES string of the molecule is CC(C)C(C)(O)Cc1ccoc1. The average Bonchev–Trinajstić information content (AvgIpc) is 2.38. The lowest BCUT2D eigenvalue weighted by molar-refractivity contribution is 0.0138. The second-order valence-electron chi connectivity index (χ2n) is 3.82. The van der Waals surface area contributed by atoms with Crippen molar-refractivity contribution in [2.45, 2.75) is 32.8 Å². The first-order valence-corrected chi connectivity index (χ1v) is 4.26. The third-order valence-corrected chi connectivity index (χ3v) is 2.39. The highest BCUT2D eigenvalue weighted by atomic mass is 16.3. The molecule has 1 rings (SSSR count). The number of hydrogen-bond donors (Lipinski definition) is 1. The zero-order valence-corrected chi connectivity index (χ0v) is 7.87. The van der Waals surface area contributed by atoms with Crippen LogP contribution in [0.5, 0.6) is 0 Å². The number of hydrogen-bond acceptors (Lipinski definition) is 2. The lowest BCUT2D eigenvalue weighted by atomic mass is 9.87. The van der Waals surface area contributed by atoms with Gasteiger partial charge in [-0.25, -0.2) is 0 Å². The molecule has 0 bridgehead atoms. The Morgan fingerprint density at radius 2 is 2.25 bits per heavy atom. The van der Waals surface area contributed by atoms with E-state index in [1.165, 1.54) is 0 Å². The van der Waals surface area contributed by atoms with E-state index < -0.39 is 5.60 Å². The Morgan fingerprint density at radius 3 is 2.67 bits per heavy atom. The lowest BCUT2D eigenvalue weighted by Gasteiger charge is -2.26. The third kappa shape index (κ3) is 2.11. The minimum atomic E-state index is -0.635. The minimum Gasteiger partial charge on any atom is -0.472 e. The second-order valence-corrected chi connectivity index (χ2v) is 3.82. The standard InChI is InChI=1S/C10H16O2/c1-8(2)10(3,11)6-9-4-5-12-7-9/h4-5,7-8,11H,6H2,1-3H3. The molecule has 1 heterocycles. The molecule has 1 atom stereocenters. The van der Waals surface area contributed by atoms with E-state index in [0.717, 1.165) is 5.56 Å². The first kappa shape index (κ1) is 9.33. The van der Waals surface area contributed by atoms with Crippen LogP contribution < -0.4 is 0 Å². The fourth-order valence-corrected chi connectivity index (χ4v) is 1.01. The Hall–Kier alpha value is -0.760. The van der Waals surface area contributed by atoms with Crippen molar-refractivity contribution < 1.29 is 9.52 Å². The van der Waals surface area contributed by atoms with Crippen molar-refractivity contribution in [2.75, 3.05) is 0 Å². The van der Waals surface area contributed by atoms with Crippen LogP contribution in [0.4, 0.5) is 0 Å². The van der Waals surface area contributed by atoms with Crippen LogP contribution in [0.25, 0.3) is 0 Å². The quantitative estimate of drug-likeness (QED) is 0.750. The van der Waals surface area contributed by atoms with Crippen molar-refractivity contribution in [3.05, 3.63) is 24.2 Å². The molecular weight excluding hydrogens is 152 g/mol. The topological polar surface area (TPSA) is 33.4 Å². The van der Waals surface area contributed by atoms with Gasteiger partial charge in [-0.05, 0) is 24.5 Å². The molecule has 0 saturated carbocycles. The van der Waals surface area contributed by atoms with Gasteiger partial charge in [0, 0.05) is 6.42 Å². The predicted molar refractivity (Wildman–Crippen MR) is 47.9 cm³/mol. The highest BCUT2D eigenvalue weighted by molar-refractivity contribution is 5.09. The van der Waals surface area contributed by atoms with E-state index in [-0.39, 0.29) is 5.92 Å². The van der Waals surface area contributed by atoms with Crippen LogP contribution in [0, 0.1) is 5.92 Å². The molecule has 2 nitrogen and oxygen atoms in total. The summed E-state index contributed by atoms with van der Waals surface area (Å²) in [5.41, 5.74) is 0.415. The number of aliphatic hydroxyl groups is 1. The normalized spacial score (nSPS) is 16.4. The van der Waals surface area contributed by atoms with Gasteiger partial charge in [-0.3, -0.25) is 0 Å². The molecule has 0 aliphatic heterocycles. The van der Waals surface area contributed by atoms with E-state index in [2.05, 4.69) is 0 Å².